The summed E-state index contributed by atoms with van der Waals surface area (Å²) >= 11 is 0. The summed E-state index contributed by atoms with van der Waals surface area (Å²) in [6, 6.07) is 0. The quantitative estimate of drug-likeness (QED) is 0.767. The van der Waals surface area contributed by atoms with Gasteiger partial charge in [0, 0.05) is 6.54 Å². The molecule has 0 saturated heterocycles. The number of nitrogens with one attached hydrogen (secondary N) is 2. The van der Waals surface area contributed by atoms with Gasteiger partial charge in [-0.05, 0) is 18.8 Å². The van der Waals surface area contributed by atoms with E-state index in [-0.39, 0.29) is 12.5 Å². The van der Waals surface area contributed by atoms with Crippen LogP contribution in [0.5, 0.6) is 0 Å². The molecule has 1 aliphatic carbocycles. The summed E-state index contributed by atoms with van der Waals surface area (Å²) in [4.78, 5) is 35.4. The molecule has 0 unspecified atom stereocenters. The monoisotopic (exact) mass is 255 g/mol. The Balaban J connectivity index is 1.95. The second kappa shape index (κ2) is 5.16. The van der Waals surface area contributed by atoms with Crippen molar-refractivity contribution in [2.45, 2.75) is 25.8 Å². The minimum Gasteiger partial charge on any atom is -0.354 e. The molecule has 0 aromatic carbocycles. The average Bonchev–Trinajstić information content (AvgIpc) is 2.23. The zero-order valence-electron chi connectivity index (χ0n) is 9.74. The van der Waals surface area contributed by atoms with E-state index in [2.05, 4.69) is 5.32 Å². The molecule has 7 heteroatoms. The van der Waals surface area contributed by atoms with E-state index in [1.165, 1.54) is 6.42 Å². The molecule has 98 valence electrons. The van der Waals surface area contributed by atoms with Crippen LogP contribution < -0.4 is 16.6 Å². The second-order valence-corrected chi connectivity index (χ2v) is 4.47. The average molecular weight is 255 g/mol. The first kappa shape index (κ1) is 12.5. The number of aromatic nitrogens is 2. The first-order valence-electron chi connectivity index (χ1n) is 5.82. The zero-order valence-corrected chi connectivity index (χ0v) is 9.74. The van der Waals surface area contributed by atoms with Gasteiger partial charge in [0.25, 0.3) is 5.56 Å². The summed E-state index contributed by atoms with van der Waals surface area (Å²) in [5.74, 6) is -0.935. The lowest BCUT2D eigenvalue weighted by Crippen LogP contribution is -2.39. The lowest BCUT2D eigenvalue weighted by Gasteiger charge is -2.25. The minimum absolute atomic E-state index is 0.292. The van der Waals surface area contributed by atoms with Crippen LogP contribution in [0.25, 0.3) is 0 Å². The number of rotatable bonds is 4. The van der Waals surface area contributed by atoms with E-state index in [0.717, 1.165) is 23.6 Å². The van der Waals surface area contributed by atoms with Crippen LogP contribution in [0.1, 0.15) is 19.3 Å². The van der Waals surface area contributed by atoms with Gasteiger partial charge in [-0.1, -0.05) is 6.42 Å². The second-order valence-electron chi connectivity index (χ2n) is 4.47. The number of H-pyrrole nitrogens is 1. The van der Waals surface area contributed by atoms with Gasteiger partial charge in [-0.15, -0.1) is 0 Å². The van der Waals surface area contributed by atoms with Gasteiger partial charge >= 0.3 is 5.69 Å². The van der Waals surface area contributed by atoms with E-state index in [1.54, 1.807) is 4.98 Å². The molecule has 1 aliphatic rings. The first-order valence-corrected chi connectivity index (χ1v) is 5.82. The number of aromatic amines is 1. The van der Waals surface area contributed by atoms with E-state index < -0.39 is 17.1 Å². The molecule has 0 spiro atoms. The molecule has 18 heavy (non-hydrogen) atoms. The van der Waals surface area contributed by atoms with Gasteiger partial charge in [0.1, 0.15) is 6.54 Å². The lowest BCUT2D eigenvalue weighted by atomic mass is 9.85. The van der Waals surface area contributed by atoms with Crippen molar-refractivity contribution in [1.82, 2.24) is 14.9 Å². The third-order valence-corrected chi connectivity index (χ3v) is 3.09. The van der Waals surface area contributed by atoms with Crippen LogP contribution in [0.4, 0.5) is 4.39 Å². The Morgan fingerprint density at radius 1 is 1.50 bits per heavy atom. The Labute approximate surface area is 102 Å². The summed E-state index contributed by atoms with van der Waals surface area (Å²) in [6.45, 7) is 0.290. The topological polar surface area (TPSA) is 84.0 Å². The molecule has 1 aromatic heterocycles. The fraction of sp³-hybridized carbons (Fsp3) is 0.545. The number of hydrogen-bond acceptors (Lipinski definition) is 3. The first-order chi connectivity index (χ1) is 8.56. The van der Waals surface area contributed by atoms with Gasteiger partial charge in [-0.3, -0.25) is 19.1 Å². The molecule has 1 aromatic rings. The van der Waals surface area contributed by atoms with Crippen molar-refractivity contribution >= 4 is 5.91 Å². The normalized spacial score (nSPS) is 15.2. The molecule has 6 nitrogen and oxygen atoms in total. The van der Waals surface area contributed by atoms with Crippen LogP contribution in [0.15, 0.2) is 15.8 Å². The van der Waals surface area contributed by atoms with Crippen molar-refractivity contribution in [2.24, 2.45) is 5.92 Å². The van der Waals surface area contributed by atoms with Crippen molar-refractivity contribution in [3.63, 3.8) is 0 Å². The summed E-state index contributed by atoms with van der Waals surface area (Å²) in [6.07, 6.45) is 4.14. The largest absolute Gasteiger partial charge is 0.354 e. The Bertz CT molecular complexity index is 559. The number of carbonyl (C=O) groups is 1. The van der Waals surface area contributed by atoms with Crippen LogP contribution in [-0.4, -0.2) is 22.0 Å². The van der Waals surface area contributed by atoms with Crippen molar-refractivity contribution in [1.29, 1.82) is 0 Å². The molecular weight excluding hydrogens is 241 g/mol. The highest BCUT2D eigenvalue weighted by Gasteiger charge is 2.18. The van der Waals surface area contributed by atoms with Crippen LogP contribution in [0, 0.1) is 11.7 Å². The molecule has 2 rings (SSSR count). The molecule has 0 bridgehead atoms. The summed E-state index contributed by atoms with van der Waals surface area (Å²) in [7, 11) is 0. The van der Waals surface area contributed by atoms with E-state index in [4.69, 9.17) is 0 Å². The van der Waals surface area contributed by atoms with Gasteiger partial charge in [-0.25, -0.2) is 4.79 Å². The predicted molar refractivity (Wildman–Crippen MR) is 61.6 cm³/mol. The molecular formula is C11H14FN3O3. The SMILES string of the molecule is O=C(Cn1cc(F)c(=O)[nH]c1=O)NCC1CCC1. The Hall–Kier alpha value is -1.92. The number of amides is 1. The van der Waals surface area contributed by atoms with Gasteiger partial charge in [-0.2, -0.15) is 4.39 Å². The molecule has 0 atom stereocenters. The highest BCUT2D eigenvalue weighted by Crippen LogP contribution is 2.24. The number of halogens is 1. The van der Waals surface area contributed by atoms with Gasteiger partial charge in [0.05, 0.1) is 6.20 Å². The molecule has 2 N–H and O–H groups in total. The van der Waals surface area contributed by atoms with E-state index in [9.17, 15) is 18.8 Å². The Morgan fingerprint density at radius 3 is 2.83 bits per heavy atom. The molecule has 0 radical (unpaired) electrons. The van der Waals surface area contributed by atoms with Crippen molar-refractivity contribution in [2.75, 3.05) is 6.54 Å². The molecule has 1 fully saturated rings. The summed E-state index contributed by atoms with van der Waals surface area (Å²) in [5.41, 5.74) is -1.87. The number of hydrogen-bond donors (Lipinski definition) is 2. The van der Waals surface area contributed by atoms with Crippen molar-refractivity contribution < 1.29 is 9.18 Å². The highest BCUT2D eigenvalue weighted by molar-refractivity contribution is 5.75. The van der Waals surface area contributed by atoms with Crippen LogP contribution in [0.2, 0.25) is 0 Å². The minimum atomic E-state index is -1.08. The van der Waals surface area contributed by atoms with E-state index in [0.29, 0.717) is 12.5 Å². The van der Waals surface area contributed by atoms with Crippen LogP contribution in [-0.2, 0) is 11.3 Å². The smallest absolute Gasteiger partial charge is 0.328 e. The molecule has 1 saturated carbocycles. The molecule has 1 heterocycles. The van der Waals surface area contributed by atoms with Crippen LogP contribution >= 0.6 is 0 Å². The summed E-state index contributed by atoms with van der Waals surface area (Å²) in [5, 5.41) is 2.68. The lowest BCUT2D eigenvalue weighted by molar-refractivity contribution is -0.122. The third-order valence-electron chi connectivity index (χ3n) is 3.09. The fourth-order valence-corrected chi connectivity index (χ4v) is 1.77. The molecule has 0 aliphatic heterocycles. The fourth-order valence-electron chi connectivity index (χ4n) is 1.77. The van der Waals surface area contributed by atoms with Gasteiger partial charge in [0.2, 0.25) is 11.7 Å². The van der Waals surface area contributed by atoms with Crippen molar-refractivity contribution in [3.8, 4) is 0 Å². The maximum absolute atomic E-state index is 13.0. The van der Waals surface area contributed by atoms with E-state index >= 15 is 0 Å². The van der Waals surface area contributed by atoms with E-state index in [1.807, 2.05) is 0 Å². The predicted octanol–water partition coefficient (Wildman–Crippen LogP) is -0.408. The van der Waals surface area contributed by atoms with Crippen LogP contribution in [0.3, 0.4) is 0 Å². The maximum atomic E-state index is 13.0. The van der Waals surface area contributed by atoms with Crippen molar-refractivity contribution in [3.05, 3.63) is 32.9 Å². The summed E-state index contributed by atoms with van der Waals surface area (Å²) < 4.78 is 13.8. The zero-order chi connectivity index (χ0) is 13.1. The molecule has 1 amide bonds. The number of carbonyl (C=O) groups excluding carboxylic acids is 1. The highest BCUT2D eigenvalue weighted by atomic mass is 19.1. The maximum Gasteiger partial charge on any atom is 0.328 e. The Kier molecular flexibility index (Phi) is 3.59. The standard InChI is InChI=1S/C11H14FN3O3/c12-8-5-15(11(18)14-10(8)17)6-9(16)13-4-7-2-1-3-7/h5,7H,1-4,6H2,(H,13,16)(H,14,17,18). The van der Waals surface area contributed by atoms with Gasteiger partial charge in [0.15, 0.2) is 0 Å². The third kappa shape index (κ3) is 2.85. The number of nitrogens with zero attached hydrogens (tertiary/aromatic N) is 1. The Morgan fingerprint density at radius 2 is 2.22 bits per heavy atom. The van der Waals surface area contributed by atoms with Gasteiger partial charge < -0.3 is 5.32 Å².